The van der Waals surface area contributed by atoms with Gasteiger partial charge in [0.2, 0.25) is 0 Å². The van der Waals surface area contributed by atoms with E-state index in [1.807, 2.05) is 30.8 Å². The van der Waals surface area contributed by atoms with Crippen LogP contribution in [0.5, 0.6) is 0 Å². The van der Waals surface area contributed by atoms with Crippen molar-refractivity contribution in [3.05, 3.63) is 21.9 Å². The van der Waals surface area contributed by atoms with Gasteiger partial charge in [-0.25, -0.2) is 0 Å². The van der Waals surface area contributed by atoms with Crippen molar-refractivity contribution < 1.29 is 4.79 Å². The maximum absolute atomic E-state index is 11.7. The molecular weight excluding hydrogens is 250 g/mol. The summed E-state index contributed by atoms with van der Waals surface area (Å²) < 4.78 is 0. The van der Waals surface area contributed by atoms with Crippen molar-refractivity contribution in [2.24, 2.45) is 0 Å². The molecule has 0 bridgehead atoms. The highest BCUT2D eigenvalue weighted by Gasteiger charge is 2.15. The van der Waals surface area contributed by atoms with Crippen LogP contribution in [0.1, 0.15) is 40.2 Å². The van der Waals surface area contributed by atoms with E-state index in [9.17, 15) is 4.79 Å². The molecule has 1 aromatic heterocycles. The molecule has 0 aliphatic heterocycles. The van der Waals surface area contributed by atoms with Gasteiger partial charge in [0.15, 0.2) is 0 Å². The van der Waals surface area contributed by atoms with E-state index in [2.05, 4.69) is 5.32 Å². The Balaban J connectivity index is 1.63. The third-order valence-corrected chi connectivity index (χ3v) is 5.39. The molecule has 0 saturated heterocycles. The molecule has 0 aromatic carbocycles. The molecule has 0 atom stereocenters. The zero-order chi connectivity index (χ0) is 12.1. The molecule has 1 amide bonds. The smallest absolute Gasteiger partial charge is 0.261 e. The normalized spacial score (nSPS) is 16.3. The summed E-state index contributed by atoms with van der Waals surface area (Å²) in [6, 6.07) is 3.90. The van der Waals surface area contributed by atoms with Crippen LogP contribution in [0.3, 0.4) is 0 Å². The molecule has 4 heteroatoms. The lowest BCUT2D eigenvalue weighted by atomic mass is 10.4. The predicted molar refractivity (Wildman–Crippen MR) is 76.1 cm³/mol. The summed E-state index contributed by atoms with van der Waals surface area (Å²) in [7, 11) is 0. The predicted octanol–water partition coefficient (Wildman–Crippen LogP) is 3.46. The van der Waals surface area contributed by atoms with Crippen molar-refractivity contribution in [3.8, 4) is 0 Å². The fourth-order valence-electron chi connectivity index (χ4n) is 2.09. The average Bonchev–Trinajstić information content (AvgIpc) is 2.95. The van der Waals surface area contributed by atoms with Crippen LogP contribution >= 0.6 is 23.1 Å². The summed E-state index contributed by atoms with van der Waals surface area (Å²) in [4.78, 5) is 13.8. The number of thioether (sulfide) groups is 1. The lowest BCUT2D eigenvalue weighted by Crippen LogP contribution is -2.25. The summed E-state index contributed by atoms with van der Waals surface area (Å²) in [5, 5.41) is 3.83. The summed E-state index contributed by atoms with van der Waals surface area (Å²) in [5.41, 5.74) is 0. The van der Waals surface area contributed by atoms with Crippen LogP contribution in [0.2, 0.25) is 0 Å². The summed E-state index contributed by atoms with van der Waals surface area (Å²) >= 11 is 3.58. The molecule has 94 valence electrons. The monoisotopic (exact) mass is 269 g/mol. The number of rotatable bonds is 5. The third kappa shape index (κ3) is 4.03. The van der Waals surface area contributed by atoms with Gasteiger partial charge in [0.05, 0.1) is 4.88 Å². The Morgan fingerprint density at radius 2 is 2.24 bits per heavy atom. The van der Waals surface area contributed by atoms with Crippen molar-refractivity contribution in [2.75, 3.05) is 12.3 Å². The molecule has 1 N–H and O–H groups in total. The van der Waals surface area contributed by atoms with Gasteiger partial charge in [-0.05, 0) is 31.9 Å². The maximum Gasteiger partial charge on any atom is 0.261 e. The fourth-order valence-corrected chi connectivity index (χ4v) is 4.09. The second-order valence-electron chi connectivity index (χ2n) is 4.44. The van der Waals surface area contributed by atoms with Gasteiger partial charge in [0.25, 0.3) is 5.91 Å². The zero-order valence-corrected chi connectivity index (χ0v) is 11.8. The molecule has 2 nitrogen and oxygen atoms in total. The van der Waals surface area contributed by atoms with Crippen molar-refractivity contribution >= 4 is 29.0 Å². The first kappa shape index (κ1) is 13.0. The Kier molecular flexibility index (Phi) is 4.92. The van der Waals surface area contributed by atoms with E-state index in [1.54, 1.807) is 11.3 Å². The second kappa shape index (κ2) is 6.45. The van der Waals surface area contributed by atoms with E-state index in [-0.39, 0.29) is 5.91 Å². The van der Waals surface area contributed by atoms with Crippen molar-refractivity contribution in [1.82, 2.24) is 5.32 Å². The molecule has 0 radical (unpaired) electrons. The van der Waals surface area contributed by atoms with Gasteiger partial charge < -0.3 is 5.32 Å². The standard InChI is InChI=1S/C13H19NOS2/c1-10-6-7-12(17-10)13(15)14-8-9-16-11-4-2-3-5-11/h6-7,11H,2-5,8-9H2,1H3,(H,14,15). The number of aryl methyl sites for hydroxylation is 1. The Hall–Kier alpha value is -0.480. The number of carbonyl (C=O) groups excluding carboxylic acids is 1. The molecule has 1 heterocycles. The molecule has 1 fully saturated rings. The lowest BCUT2D eigenvalue weighted by Gasteiger charge is -2.08. The van der Waals surface area contributed by atoms with Crippen molar-refractivity contribution in [2.45, 2.75) is 37.9 Å². The Labute approximate surface area is 111 Å². The Morgan fingerprint density at radius 3 is 2.88 bits per heavy atom. The maximum atomic E-state index is 11.7. The summed E-state index contributed by atoms with van der Waals surface area (Å²) in [5.74, 6) is 1.12. The topological polar surface area (TPSA) is 29.1 Å². The van der Waals surface area contributed by atoms with Crippen LogP contribution in [0, 0.1) is 6.92 Å². The van der Waals surface area contributed by atoms with Crippen LogP contribution in [0.25, 0.3) is 0 Å². The lowest BCUT2D eigenvalue weighted by molar-refractivity contribution is 0.0960. The average molecular weight is 269 g/mol. The van der Waals surface area contributed by atoms with Gasteiger partial charge in [0, 0.05) is 22.4 Å². The van der Waals surface area contributed by atoms with E-state index in [1.165, 1.54) is 30.6 Å². The molecule has 1 aliphatic rings. The van der Waals surface area contributed by atoms with Crippen LogP contribution < -0.4 is 5.32 Å². The zero-order valence-electron chi connectivity index (χ0n) is 10.2. The van der Waals surface area contributed by atoms with Crippen molar-refractivity contribution in [3.63, 3.8) is 0 Å². The molecule has 1 aromatic rings. The van der Waals surface area contributed by atoms with Gasteiger partial charge in [-0.1, -0.05) is 12.8 Å². The summed E-state index contributed by atoms with van der Waals surface area (Å²) in [6.07, 6.45) is 5.50. The minimum absolute atomic E-state index is 0.0788. The number of nitrogens with one attached hydrogen (secondary N) is 1. The fraction of sp³-hybridized carbons (Fsp3) is 0.615. The molecule has 1 saturated carbocycles. The van der Waals surface area contributed by atoms with Crippen LogP contribution in [0.4, 0.5) is 0 Å². The SMILES string of the molecule is Cc1ccc(C(=O)NCCSC2CCCC2)s1. The van der Waals surface area contributed by atoms with Gasteiger partial charge in [-0.15, -0.1) is 11.3 Å². The van der Waals surface area contributed by atoms with E-state index < -0.39 is 0 Å². The highest BCUT2D eigenvalue weighted by atomic mass is 32.2. The minimum Gasteiger partial charge on any atom is -0.351 e. The molecule has 1 aliphatic carbocycles. The number of thiophene rings is 1. The molecule has 17 heavy (non-hydrogen) atoms. The van der Waals surface area contributed by atoms with Crippen LogP contribution in [0.15, 0.2) is 12.1 Å². The number of amides is 1. The Bertz CT molecular complexity index is 369. The van der Waals surface area contributed by atoms with Gasteiger partial charge >= 0.3 is 0 Å². The molecular formula is C13H19NOS2. The quantitative estimate of drug-likeness (QED) is 0.829. The minimum atomic E-state index is 0.0788. The molecule has 0 unspecified atom stereocenters. The van der Waals surface area contributed by atoms with E-state index >= 15 is 0 Å². The molecule has 2 rings (SSSR count). The first-order chi connectivity index (χ1) is 8.25. The first-order valence-electron chi connectivity index (χ1n) is 6.22. The largest absolute Gasteiger partial charge is 0.351 e. The highest BCUT2D eigenvalue weighted by molar-refractivity contribution is 7.99. The summed E-state index contributed by atoms with van der Waals surface area (Å²) in [6.45, 7) is 2.81. The number of hydrogen-bond acceptors (Lipinski definition) is 3. The molecule has 0 spiro atoms. The second-order valence-corrected chi connectivity index (χ2v) is 7.14. The number of hydrogen-bond donors (Lipinski definition) is 1. The van der Waals surface area contributed by atoms with E-state index in [0.29, 0.717) is 0 Å². The van der Waals surface area contributed by atoms with Crippen LogP contribution in [-0.2, 0) is 0 Å². The first-order valence-corrected chi connectivity index (χ1v) is 8.08. The third-order valence-electron chi connectivity index (χ3n) is 3.01. The number of carbonyl (C=O) groups is 1. The Morgan fingerprint density at radius 1 is 1.47 bits per heavy atom. The van der Waals surface area contributed by atoms with Gasteiger partial charge in [-0.2, -0.15) is 11.8 Å². The highest BCUT2D eigenvalue weighted by Crippen LogP contribution is 2.28. The van der Waals surface area contributed by atoms with Gasteiger partial charge in [0.1, 0.15) is 0 Å². The van der Waals surface area contributed by atoms with Crippen LogP contribution in [-0.4, -0.2) is 23.5 Å². The van der Waals surface area contributed by atoms with Crippen molar-refractivity contribution in [1.29, 1.82) is 0 Å². The van der Waals surface area contributed by atoms with E-state index in [0.717, 1.165) is 22.4 Å². The van der Waals surface area contributed by atoms with Gasteiger partial charge in [-0.3, -0.25) is 4.79 Å². The van der Waals surface area contributed by atoms with E-state index in [4.69, 9.17) is 0 Å².